The van der Waals surface area contributed by atoms with Gasteiger partial charge in [0.1, 0.15) is 6.10 Å². The molecule has 1 N–H and O–H groups in total. The van der Waals surface area contributed by atoms with Crippen LogP contribution in [0.2, 0.25) is 0 Å². The van der Waals surface area contributed by atoms with Crippen molar-refractivity contribution >= 4 is 0 Å². The summed E-state index contributed by atoms with van der Waals surface area (Å²) in [5.74, 6) is 0. The lowest BCUT2D eigenvalue weighted by Crippen LogP contribution is -2.15. The smallest absolute Gasteiger partial charge is 0.386 e. The van der Waals surface area contributed by atoms with Crippen LogP contribution < -0.4 is 0 Å². The Labute approximate surface area is 117 Å². The van der Waals surface area contributed by atoms with Gasteiger partial charge in [0, 0.05) is 0 Å². The maximum Gasteiger partial charge on any atom is 0.391 e. The summed E-state index contributed by atoms with van der Waals surface area (Å²) in [7, 11) is 0. The van der Waals surface area contributed by atoms with E-state index in [9.17, 15) is 18.3 Å². The van der Waals surface area contributed by atoms with Crippen LogP contribution in [0.25, 0.3) is 0 Å². The Morgan fingerprint density at radius 2 is 1.65 bits per heavy atom. The van der Waals surface area contributed by atoms with Gasteiger partial charge in [0.2, 0.25) is 0 Å². The van der Waals surface area contributed by atoms with Gasteiger partial charge in [-0.2, -0.15) is 13.2 Å². The minimum absolute atomic E-state index is 0.0205. The first-order valence-corrected chi connectivity index (χ1v) is 6.52. The average molecular weight is 290 g/mol. The van der Waals surface area contributed by atoms with Crippen molar-refractivity contribution in [1.82, 2.24) is 0 Å². The molecule has 0 aromatic heterocycles. The summed E-state index contributed by atoms with van der Waals surface area (Å²) < 4.78 is 40.6. The van der Waals surface area contributed by atoms with Crippen molar-refractivity contribution in [1.29, 1.82) is 0 Å². The first-order chi connectivity index (χ1) is 9.09. The molecule has 2 nitrogen and oxygen atoms in total. The van der Waals surface area contributed by atoms with Gasteiger partial charge < -0.3 is 9.84 Å². The topological polar surface area (TPSA) is 29.5 Å². The summed E-state index contributed by atoms with van der Waals surface area (Å²) in [6.07, 6.45) is -6.13. The lowest BCUT2D eigenvalue weighted by Gasteiger charge is -2.20. The van der Waals surface area contributed by atoms with Crippen LogP contribution in [0.15, 0.2) is 24.3 Å². The van der Waals surface area contributed by atoms with Crippen molar-refractivity contribution in [3.63, 3.8) is 0 Å². The predicted molar refractivity (Wildman–Crippen MR) is 71.6 cm³/mol. The zero-order valence-corrected chi connectivity index (χ0v) is 12.0. The number of aliphatic hydroxyl groups is 1. The molecule has 0 amide bonds. The summed E-state index contributed by atoms with van der Waals surface area (Å²) in [4.78, 5) is 0. The van der Waals surface area contributed by atoms with Crippen molar-refractivity contribution in [3.05, 3.63) is 35.4 Å². The molecule has 0 fully saturated rings. The van der Waals surface area contributed by atoms with Crippen LogP contribution in [0.5, 0.6) is 0 Å². The second-order valence-electron chi connectivity index (χ2n) is 5.83. The van der Waals surface area contributed by atoms with Crippen LogP contribution >= 0.6 is 0 Å². The highest BCUT2D eigenvalue weighted by molar-refractivity contribution is 5.28. The van der Waals surface area contributed by atoms with E-state index >= 15 is 0 Å². The molecule has 5 heteroatoms. The van der Waals surface area contributed by atoms with Gasteiger partial charge in [0.25, 0.3) is 0 Å². The standard InChI is InChI=1S/C15H21F3O2/c1-14(2,3)12-6-4-11(5-7-12)13(19)10-20-9-8-15(16,17)18/h4-7,13,19H,8-10H2,1-3H3. The fraction of sp³-hybridized carbons (Fsp3) is 0.600. The number of hydrogen-bond acceptors (Lipinski definition) is 2. The largest absolute Gasteiger partial charge is 0.391 e. The number of benzene rings is 1. The highest BCUT2D eigenvalue weighted by atomic mass is 19.4. The summed E-state index contributed by atoms with van der Waals surface area (Å²) in [6, 6.07) is 7.37. The van der Waals surface area contributed by atoms with E-state index in [2.05, 4.69) is 20.8 Å². The molecule has 114 valence electrons. The molecule has 0 saturated carbocycles. The number of hydrogen-bond donors (Lipinski definition) is 1. The molecule has 0 aliphatic rings. The van der Waals surface area contributed by atoms with Crippen molar-refractivity contribution in [2.75, 3.05) is 13.2 Å². The lowest BCUT2D eigenvalue weighted by atomic mass is 9.86. The fourth-order valence-electron chi connectivity index (χ4n) is 1.68. The maximum absolute atomic E-state index is 11.9. The monoisotopic (exact) mass is 290 g/mol. The van der Waals surface area contributed by atoms with Crippen LogP contribution in [0, 0.1) is 0 Å². The van der Waals surface area contributed by atoms with Gasteiger partial charge in [-0.15, -0.1) is 0 Å². The number of ether oxygens (including phenoxy) is 1. The minimum atomic E-state index is -4.22. The van der Waals surface area contributed by atoms with Gasteiger partial charge in [0.15, 0.2) is 0 Å². The van der Waals surface area contributed by atoms with Gasteiger partial charge >= 0.3 is 6.18 Å². The third-order valence-corrected chi connectivity index (χ3v) is 2.97. The number of rotatable bonds is 5. The van der Waals surface area contributed by atoms with Crippen LogP contribution in [-0.2, 0) is 10.2 Å². The average Bonchev–Trinajstić information content (AvgIpc) is 2.32. The Bertz CT molecular complexity index is 405. The van der Waals surface area contributed by atoms with Gasteiger partial charge in [-0.3, -0.25) is 0 Å². The van der Waals surface area contributed by atoms with Crippen molar-refractivity contribution in [2.45, 2.75) is 44.9 Å². The molecule has 0 aliphatic heterocycles. The zero-order valence-electron chi connectivity index (χ0n) is 12.0. The van der Waals surface area contributed by atoms with Gasteiger partial charge in [-0.05, 0) is 16.5 Å². The van der Waals surface area contributed by atoms with Crippen LogP contribution in [-0.4, -0.2) is 24.5 Å². The third-order valence-electron chi connectivity index (χ3n) is 2.97. The van der Waals surface area contributed by atoms with E-state index in [1.165, 1.54) is 0 Å². The van der Waals surface area contributed by atoms with Gasteiger partial charge in [-0.1, -0.05) is 45.0 Å². The molecule has 1 rings (SSSR count). The molecule has 0 heterocycles. The quantitative estimate of drug-likeness (QED) is 0.831. The van der Waals surface area contributed by atoms with E-state index in [0.29, 0.717) is 5.56 Å². The van der Waals surface area contributed by atoms with Crippen LogP contribution in [0.1, 0.15) is 44.4 Å². The second-order valence-corrected chi connectivity index (χ2v) is 5.83. The molecular weight excluding hydrogens is 269 g/mol. The third kappa shape index (κ3) is 5.92. The van der Waals surface area contributed by atoms with E-state index < -0.39 is 25.3 Å². The Balaban J connectivity index is 2.46. The Hall–Kier alpha value is -1.07. The van der Waals surface area contributed by atoms with Crippen molar-refractivity contribution in [2.24, 2.45) is 0 Å². The van der Waals surface area contributed by atoms with E-state index in [1.54, 1.807) is 12.1 Å². The molecule has 1 aromatic rings. The second kappa shape index (κ2) is 6.59. The normalized spacial score (nSPS) is 14.3. The molecular formula is C15H21F3O2. The van der Waals surface area contributed by atoms with Crippen molar-refractivity contribution in [3.8, 4) is 0 Å². The van der Waals surface area contributed by atoms with E-state index in [1.807, 2.05) is 12.1 Å². The molecule has 20 heavy (non-hydrogen) atoms. The summed E-state index contributed by atoms with van der Waals surface area (Å²) in [5.41, 5.74) is 1.80. The molecule has 0 radical (unpaired) electrons. The summed E-state index contributed by atoms with van der Waals surface area (Å²) in [5, 5.41) is 9.84. The highest BCUT2D eigenvalue weighted by Crippen LogP contribution is 2.24. The van der Waals surface area contributed by atoms with E-state index in [-0.39, 0.29) is 12.0 Å². The van der Waals surface area contributed by atoms with Gasteiger partial charge in [-0.25, -0.2) is 0 Å². The molecule has 1 aromatic carbocycles. The molecule has 0 bridgehead atoms. The summed E-state index contributed by atoms with van der Waals surface area (Å²) >= 11 is 0. The van der Waals surface area contributed by atoms with E-state index in [0.717, 1.165) is 5.56 Å². The number of aliphatic hydroxyl groups excluding tert-OH is 1. The fourth-order valence-corrected chi connectivity index (χ4v) is 1.68. The zero-order chi connectivity index (χ0) is 15.4. The lowest BCUT2D eigenvalue weighted by molar-refractivity contribution is -0.147. The molecule has 0 saturated heterocycles. The Morgan fingerprint density at radius 3 is 2.10 bits per heavy atom. The van der Waals surface area contributed by atoms with Crippen molar-refractivity contribution < 1.29 is 23.0 Å². The van der Waals surface area contributed by atoms with Crippen LogP contribution in [0.4, 0.5) is 13.2 Å². The number of alkyl halides is 3. The molecule has 0 aliphatic carbocycles. The van der Waals surface area contributed by atoms with Gasteiger partial charge in [0.05, 0.1) is 19.6 Å². The highest BCUT2D eigenvalue weighted by Gasteiger charge is 2.26. The van der Waals surface area contributed by atoms with E-state index in [4.69, 9.17) is 4.74 Å². The number of halogens is 3. The van der Waals surface area contributed by atoms with Crippen LogP contribution in [0.3, 0.4) is 0 Å². The Morgan fingerprint density at radius 1 is 1.10 bits per heavy atom. The SMILES string of the molecule is CC(C)(C)c1ccc(C(O)COCCC(F)(F)F)cc1. The Kier molecular flexibility index (Phi) is 5.59. The first-order valence-electron chi connectivity index (χ1n) is 6.52. The minimum Gasteiger partial charge on any atom is -0.386 e. The summed E-state index contributed by atoms with van der Waals surface area (Å²) in [6.45, 7) is 5.68. The molecule has 1 atom stereocenters. The predicted octanol–water partition coefficient (Wildman–Crippen LogP) is 3.99. The maximum atomic E-state index is 11.9. The molecule has 0 spiro atoms. The molecule has 1 unspecified atom stereocenters. The first kappa shape index (κ1) is 17.0.